The van der Waals surface area contributed by atoms with E-state index < -0.39 is 0 Å². The van der Waals surface area contributed by atoms with Crippen molar-refractivity contribution in [2.24, 2.45) is 0 Å². The Bertz CT molecular complexity index is 1080. The van der Waals surface area contributed by atoms with Crippen LogP contribution in [-0.4, -0.2) is 28.8 Å². The van der Waals surface area contributed by atoms with Crippen LogP contribution >= 0.6 is 0 Å². The predicted molar refractivity (Wildman–Crippen MR) is 119 cm³/mol. The molecule has 0 fully saturated rings. The summed E-state index contributed by atoms with van der Waals surface area (Å²) in [6.45, 7) is 1.98. The number of nitrogens with zero attached hydrogens (tertiary/aromatic N) is 2. The molecular formula is C25H25N3O3. The van der Waals surface area contributed by atoms with Crippen molar-refractivity contribution in [3.05, 3.63) is 83.2 Å². The molecule has 1 aliphatic rings. The third-order valence-electron chi connectivity index (χ3n) is 5.79. The Morgan fingerprint density at radius 2 is 1.87 bits per heavy atom. The van der Waals surface area contributed by atoms with Crippen molar-refractivity contribution < 1.29 is 14.3 Å². The fourth-order valence-corrected chi connectivity index (χ4v) is 4.07. The van der Waals surface area contributed by atoms with Gasteiger partial charge in [-0.25, -0.2) is 9.97 Å². The Kier molecular flexibility index (Phi) is 6.07. The Labute approximate surface area is 181 Å². The minimum absolute atomic E-state index is 0.0238. The van der Waals surface area contributed by atoms with Gasteiger partial charge in [-0.1, -0.05) is 49.4 Å². The lowest BCUT2D eigenvalue weighted by Crippen LogP contribution is -2.24. The number of ketones is 1. The third-order valence-corrected chi connectivity index (χ3v) is 5.79. The average molecular weight is 415 g/mol. The Morgan fingerprint density at radius 3 is 2.55 bits per heavy atom. The molecule has 1 heterocycles. The number of carbonyl (C=O) groups is 2. The van der Waals surface area contributed by atoms with Gasteiger partial charge in [0, 0.05) is 12.6 Å². The molecule has 31 heavy (non-hydrogen) atoms. The summed E-state index contributed by atoms with van der Waals surface area (Å²) >= 11 is 0. The topological polar surface area (TPSA) is 81.2 Å². The zero-order chi connectivity index (χ0) is 21.8. The van der Waals surface area contributed by atoms with Crippen LogP contribution in [0.1, 0.15) is 58.8 Å². The second-order valence-corrected chi connectivity index (χ2v) is 7.72. The van der Waals surface area contributed by atoms with E-state index in [1.165, 1.54) is 6.20 Å². The van der Waals surface area contributed by atoms with Crippen molar-refractivity contribution in [3.8, 4) is 5.75 Å². The van der Waals surface area contributed by atoms with Crippen molar-refractivity contribution in [1.29, 1.82) is 0 Å². The maximum absolute atomic E-state index is 12.9. The number of hydrogen-bond acceptors (Lipinski definition) is 5. The van der Waals surface area contributed by atoms with Gasteiger partial charge in [0.1, 0.15) is 5.75 Å². The highest BCUT2D eigenvalue weighted by molar-refractivity contribution is 5.99. The van der Waals surface area contributed by atoms with Crippen LogP contribution in [0.2, 0.25) is 0 Å². The van der Waals surface area contributed by atoms with Gasteiger partial charge >= 0.3 is 0 Å². The first-order chi connectivity index (χ1) is 15.1. The van der Waals surface area contributed by atoms with E-state index in [2.05, 4.69) is 15.3 Å². The first-order valence-electron chi connectivity index (χ1n) is 10.5. The van der Waals surface area contributed by atoms with E-state index in [1.54, 1.807) is 7.11 Å². The molecule has 3 aromatic rings. The maximum Gasteiger partial charge on any atom is 0.234 e. The summed E-state index contributed by atoms with van der Waals surface area (Å²) in [4.78, 5) is 34.3. The van der Waals surface area contributed by atoms with Crippen LogP contribution in [0.25, 0.3) is 0 Å². The highest BCUT2D eigenvalue weighted by atomic mass is 16.5. The largest absolute Gasteiger partial charge is 0.497 e. The van der Waals surface area contributed by atoms with Crippen LogP contribution in [0.3, 0.4) is 0 Å². The summed E-state index contributed by atoms with van der Waals surface area (Å²) in [5, 5.41) is 2.84. The summed E-state index contributed by atoms with van der Waals surface area (Å²) in [6, 6.07) is 17.4. The number of amides is 1. The fraction of sp³-hybridized carbons (Fsp3) is 0.280. The molecule has 1 N–H and O–H groups in total. The summed E-state index contributed by atoms with van der Waals surface area (Å²) in [7, 11) is 1.63. The van der Waals surface area contributed by atoms with E-state index in [9.17, 15) is 9.59 Å². The van der Waals surface area contributed by atoms with Gasteiger partial charge in [0.15, 0.2) is 5.78 Å². The number of aromatic nitrogens is 2. The summed E-state index contributed by atoms with van der Waals surface area (Å²) in [6.07, 6.45) is 3.24. The standard InChI is InChI=1S/C25H25N3O3/c1-3-20(17-7-5-4-6-8-17)24(30)28-25-26-15-21-22(27-25)13-18(14-23(21)29)16-9-11-19(31-2)12-10-16/h4-12,15,18,20H,3,13-14H2,1-2H3,(H,26,27,28,30)/t18-,20+/m0/s1. The SMILES string of the molecule is CC[C@@H](C(=O)Nc1ncc2c(n1)C[C@H](c1ccc(OC)cc1)CC2=O)c1ccccc1. The first-order valence-corrected chi connectivity index (χ1v) is 10.5. The molecule has 6 nitrogen and oxygen atoms in total. The van der Waals surface area contributed by atoms with Crippen molar-refractivity contribution in [3.63, 3.8) is 0 Å². The molecule has 0 spiro atoms. The number of carbonyl (C=O) groups excluding carboxylic acids is 2. The summed E-state index contributed by atoms with van der Waals surface area (Å²) in [5.74, 6) is 0.647. The molecule has 1 amide bonds. The number of methoxy groups -OCH3 is 1. The normalized spacial score (nSPS) is 16.3. The van der Waals surface area contributed by atoms with E-state index in [0.717, 1.165) is 16.9 Å². The lowest BCUT2D eigenvalue weighted by atomic mass is 9.82. The lowest BCUT2D eigenvalue weighted by Gasteiger charge is -2.23. The Hall–Kier alpha value is -3.54. The van der Waals surface area contributed by atoms with Crippen LogP contribution in [0.5, 0.6) is 5.75 Å². The van der Waals surface area contributed by atoms with Crippen molar-refractivity contribution in [1.82, 2.24) is 9.97 Å². The molecule has 158 valence electrons. The van der Waals surface area contributed by atoms with E-state index in [1.807, 2.05) is 61.5 Å². The smallest absolute Gasteiger partial charge is 0.234 e. The lowest BCUT2D eigenvalue weighted by molar-refractivity contribution is -0.117. The Balaban J connectivity index is 1.53. The van der Waals surface area contributed by atoms with Gasteiger partial charge in [-0.05, 0) is 42.0 Å². The van der Waals surface area contributed by atoms with Crippen molar-refractivity contribution in [2.45, 2.75) is 38.0 Å². The number of benzene rings is 2. The number of fused-ring (bicyclic) bond motifs is 1. The molecule has 0 aliphatic heterocycles. The number of Topliss-reactive ketones (excluding diaryl/α,β-unsaturated/α-hetero) is 1. The van der Waals surface area contributed by atoms with Gasteiger partial charge in [0.2, 0.25) is 11.9 Å². The zero-order valence-corrected chi connectivity index (χ0v) is 17.7. The fourth-order valence-electron chi connectivity index (χ4n) is 4.07. The molecule has 2 aromatic carbocycles. The van der Waals surface area contributed by atoms with E-state index in [4.69, 9.17) is 4.74 Å². The second kappa shape index (κ2) is 9.08. The van der Waals surface area contributed by atoms with Crippen molar-refractivity contribution in [2.75, 3.05) is 12.4 Å². The first kappa shape index (κ1) is 20.7. The highest BCUT2D eigenvalue weighted by Crippen LogP contribution is 2.33. The van der Waals surface area contributed by atoms with Gasteiger partial charge in [0.25, 0.3) is 0 Å². The molecule has 2 atom stereocenters. The number of anilines is 1. The van der Waals surface area contributed by atoms with Crippen LogP contribution in [0, 0.1) is 0 Å². The zero-order valence-electron chi connectivity index (χ0n) is 17.7. The van der Waals surface area contributed by atoms with Gasteiger partial charge in [-0.2, -0.15) is 0 Å². The van der Waals surface area contributed by atoms with Crippen LogP contribution in [0.4, 0.5) is 5.95 Å². The quantitative estimate of drug-likeness (QED) is 0.640. The molecular weight excluding hydrogens is 390 g/mol. The molecule has 0 saturated heterocycles. The maximum atomic E-state index is 12.9. The van der Waals surface area contributed by atoms with Gasteiger partial charge in [0.05, 0.1) is 24.3 Å². The average Bonchev–Trinajstić information content (AvgIpc) is 2.80. The minimum Gasteiger partial charge on any atom is -0.497 e. The summed E-state index contributed by atoms with van der Waals surface area (Å²) < 4.78 is 5.22. The molecule has 1 aromatic heterocycles. The second-order valence-electron chi connectivity index (χ2n) is 7.72. The molecule has 0 radical (unpaired) electrons. The molecule has 6 heteroatoms. The van der Waals surface area contributed by atoms with Gasteiger partial charge in [-0.15, -0.1) is 0 Å². The number of nitrogens with one attached hydrogen (secondary N) is 1. The van der Waals surface area contributed by atoms with E-state index >= 15 is 0 Å². The minimum atomic E-state index is -0.283. The number of rotatable bonds is 6. The van der Waals surface area contributed by atoms with Gasteiger partial charge in [-0.3, -0.25) is 14.9 Å². The molecule has 1 aliphatic carbocycles. The molecule has 4 rings (SSSR count). The Morgan fingerprint density at radius 1 is 1.13 bits per heavy atom. The number of hydrogen-bond donors (Lipinski definition) is 1. The van der Waals surface area contributed by atoms with Crippen molar-refractivity contribution >= 4 is 17.6 Å². The monoisotopic (exact) mass is 415 g/mol. The van der Waals surface area contributed by atoms with E-state index in [-0.39, 0.29) is 29.5 Å². The van der Waals surface area contributed by atoms with Crippen LogP contribution < -0.4 is 10.1 Å². The predicted octanol–water partition coefficient (Wildman–Crippen LogP) is 4.53. The van der Waals surface area contributed by atoms with Crippen LogP contribution in [0.15, 0.2) is 60.8 Å². The van der Waals surface area contributed by atoms with Crippen LogP contribution in [-0.2, 0) is 11.2 Å². The third kappa shape index (κ3) is 4.48. The molecule has 0 unspecified atom stereocenters. The highest BCUT2D eigenvalue weighted by Gasteiger charge is 2.28. The molecule has 0 bridgehead atoms. The van der Waals surface area contributed by atoms with E-state index in [0.29, 0.717) is 30.5 Å². The summed E-state index contributed by atoms with van der Waals surface area (Å²) in [5.41, 5.74) is 3.24. The number of ether oxygens (including phenoxy) is 1. The molecule has 0 saturated carbocycles. The van der Waals surface area contributed by atoms with Gasteiger partial charge < -0.3 is 4.74 Å².